The van der Waals surface area contributed by atoms with Crippen LogP contribution in [-0.2, 0) is 0 Å². The lowest BCUT2D eigenvalue weighted by molar-refractivity contribution is 0.0637. The molecule has 2 aliphatic rings. The number of nitrogens with one attached hydrogen (secondary N) is 1. The molecule has 0 aliphatic carbocycles. The number of carbonyl (C=O) groups is 1. The van der Waals surface area contributed by atoms with Crippen LogP contribution in [0.15, 0.2) is 10.9 Å². The number of likely N-dealkylation sites (tertiary alicyclic amines) is 1. The third-order valence-corrected chi connectivity index (χ3v) is 5.12. The molecular formula is C14H22ClN3OS. The molecule has 112 valence electrons. The summed E-state index contributed by atoms with van der Waals surface area (Å²) in [5, 5.41) is 5.28. The van der Waals surface area contributed by atoms with E-state index in [1.807, 2.05) is 10.3 Å². The first kappa shape index (κ1) is 15.7. The summed E-state index contributed by atoms with van der Waals surface area (Å²) < 4.78 is 0. The first-order valence-electron chi connectivity index (χ1n) is 7.23. The van der Waals surface area contributed by atoms with Crippen LogP contribution in [0.2, 0.25) is 0 Å². The Hall–Kier alpha value is -0.650. The van der Waals surface area contributed by atoms with Crippen molar-refractivity contribution in [3.63, 3.8) is 0 Å². The minimum atomic E-state index is 0. The SMILES string of the molecule is Cl.O=C(c1cscn1)N1CCC(C2CCNCC2)CC1. The highest BCUT2D eigenvalue weighted by molar-refractivity contribution is 7.07. The second-order valence-electron chi connectivity index (χ2n) is 5.59. The van der Waals surface area contributed by atoms with E-state index >= 15 is 0 Å². The number of halogens is 1. The Morgan fingerprint density at radius 1 is 1.20 bits per heavy atom. The summed E-state index contributed by atoms with van der Waals surface area (Å²) in [6, 6.07) is 0. The van der Waals surface area contributed by atoms with Crippen LogP contribution in [0, 0.1) is 11.8 Å². The van der Waals surface area contributed by atoms with E-state index in [2.05, 4.69) is 10.3 Å². The molecule has 3 heterocycles. The quantitative estimate of drug-likeness (QED) is 0.911. The van der Waals surface area contributed by atoms with Gasteiger partial charge >= 0.3 is 0 Å². The van der Waals surface area contributed by atoms with Gasteiger partial charge in [-0.3, -0.25) is 4.79 Å². The topological polar surface area (TPSA) is 45.2 Å². The van der Waals surface area contributed by atoms with Crippen molar-refractivity contribution in [2.75, 3.05) is 26.2 Å². The minimum Gasteiger partial charge on any atom is -0.337 e. The molecule has 2 fully saturated rings. The van der Waals surface area contributed by atoms with Gasteiger partial charge in [0.2, 0.25) is 0 Å². The lowest BCUT2D eigenvalue weighted by Crippen LogP contribution is -2.42. The molecule has 0 spiro atoms. The lowest BCUT2D eigenvalue weighted by Gasteiger charge is -2.37. The Morgan fingerprint density at radius 2 is 1.85 bits per heavy atom. The monoisotopic (exact) mass is 315 g/mol. The van der Waals surface area contributed by atoms with Crippen LogP contribution in [-0.4, -0.2) is 42.0 Å². The molecule has 0 saturated carbocycles. The van der Waals surface area contributed by atoms with Gasteiger partial charge in [0, 0.05) is 18.5 Å². The summed E-state index contributed by atoms with van der Waals surface area (Å²) in [4.78, 5) is 18.3. The molecule has 0 unspecified atom stereocenters. The van der Waals surface area contributed by atoms with E-state index in [1.165, 1.54) is 50.1 Å². The molecule has 4 nitrogen and oxygen atoms in total. The number of piperidine rings is 2. The summed E-state index contributed by atoms with van der Waals surface area (Å²) >= 11 is 1.49. The van der Waals surface area contributed by atoms with E-state index in [4.69, 9.17) is 0 Å². The second-order valence-corrected chi connectivity index (χ2v) is 6.31. The normalized spacial score (nSPS) is 21.5. The van der Waals surface area contributed by atoms with Crippen LogP contribution < -0.4 is 5.32 Å². The Bertz CT molecular complexity index is 412. The number of rotatable bonds is 2. The van der Waals surface area contributed by atoms with Gasteiger partial charge in [0.05, 0.1) is 5.51 Å². The predicted molar refractivity (Wildman–Crippen MR) is 83.6 cm³/mol. The molecule has 1 aromatic heterocycles. The van der Waals surface area contributed by atoms with Gasteiger partial charge in [-0.15, -0.1) is 23.7 Å². The molecule has 0 bridgehead atoms. The predicted octanol–water partition coefficient (Wildman–Crippen LogP) is 2.42. The Balaban J connectivity index is 0.00000147. The van der Waals surface area contributed by atoms with Gasteiger partial charge in [0.1, 0.15) is 5.69 Å². The number of hydrogen-bond acceptors (Lipinski definition) is 4. The van der Waals surface area contributed by atoms with Crippen LogP contribution in [0.1, 0.15) is 36.2 Å². The highest BCUT2D eigenvalue weighted by atomic mass is 35.5. The molecule has 1 aromatic rings. The average Bonchev–Trinajstić information content (AvgIpc) is 3.02. The summed E-state index contributed by atoms with van der Waals surface area (Å²) in [6.07, 6.45) is 4.95. The van der Waals surface area contributed by atoms with E-state index in [9.17, 15) is 4.79 Å². The fraction of sp³-hybridized carbons (Fsp3) is 0.714. The molecule has 0 atom stereocenters. The maximum absolute atomic E-state index is 12.2. The Labute approximate surface area is 130 Å². The van der Waals surface area contributed by atoms with Crippen LogP contribution in [0.25, 0.3) is 0 Å². The third kappa shape index (κ3) is 3.51. The summed E-state index contributed by atoms with van der Waals surface area (Å²) in [5.74, 6) is 1.81. The molecule has 1 N–H and O–H groups in total. The molecule has 20 heavy (non-hydrogen) atoms. The molecule has 6 heteroatoms. The Morgan fingerprint density at radius 3 is 2.45 bits per heavy atom. The first-order valence-corrected chi connectivity index (χ1v) is 8.17. The molecule has 1 amide bonds. The maximum atomic E-state index is 12.2. The molecule has 0 aromatic carbocycles. The standard InChI is InChI=1S/C14H21N3OS.ClH/c18-14(13-9-19-10-16-13)17-7-3-12(4-8-17)11-1-5-15-6-2-11;/h9-12,15H,1-8H2;1H. The molecule has 2 aliphatic heterocycles. The number of aromatic nitrogens is 1. The summed E-state index contributed by atoms with van der Waals surface area (Å²) in [6.45, 7) is 4.15. The van der Waals surface area contributed by atoms with Gasteiger partial charge in [-0.25, -0.2) is 4.98 Å². The van der Waals surface area contributed by atoms with Crippen LogP contribution in [0.5, 0.6) is 0 Å². The van der Waals surface area contributed by atoms with Gasteiger partial charge in [0.15, 0.2) is 0 Å². The van der Waals surface area contributed by atoms with Crippen molar-refractivity contribution in [3.8, 4) is 0 Å². The zero-order chi connectivity index (χ0) is 13.1. The van der Waals surface area contributed by atoms with Gasteiger partial charge in [-0.2, -0.15) is 0 Å². The smallest absolute Gasteiger partial charge is 0.273 e. The zero-order valence-corrected chi connectivity index (χ0v) is 13.2. The Kier molecular flexibility index (Phi) is 5.81. The molecular weight excluding hydrogens is 294 g/mol. The van der Waals surface area contributed by atoms with E-state index < -0.39 is 0 Å². The van der Waals surface area contributed by atoms with Crippen molar-refractivity contribution >= 4 is 29.7 Å². The van der Waals surface area contributed by atoms with E-state index in [1.54, 1.807) is 5.51 Å². The van der Waals surface area contributed by atoms with Crippen molar-refractivity contribution in [1.82, 2.24) is 15.2 Å². The number of amides is 1. The first-order chi connectivity index (χ1) is 9.34. The van der Waals surface area contributed by atoms with Crippen LogP contribution >= 0.6 is 23.7 Å². The summed E-state index contributed by atoms with van der Waals surface area (Å²) in [5.41, 5.74) is 2.35. The minimum absolute atomic E-state index is 0. The van der Waals surface area contributed by atoms with Crippen molar-refractivity contribution in [1.29, 1.82) is 0 Å². The third-order valence-electron chi connectivity index (χ3n) is 4.53. The fourth-order valence-corrected chi connectivity index (χ4v) is 3.90. The van der Waals surface area contributed by atoms with Crippen molar-refractivity contribution in [2.24, 2.45) is 11.8 Å². The number of nitrogens with zero attached hydrogens (tertiary/aromatic N) is 2. The number of thiazole rings is 1. The average molecular weight is 316 g/mol. The van der Waals surface area contributed by atoms with E-state index in [0.717, 1.165) is 24.9 Å². The molecule has 2 saturated heterocycles. The van der Waals surface area contributed by atoms with Crippen molar-refractivity contribution in [3.05, 3.63) is 16.6 Å². The lowest BCUT2D eigenvalue weighted by atomic mass is 9.79. The number of carbonyl (C=O) groups excluding carboxylic acids is 1. The van der Waals surface area contributed by atoms with Gasteiger partial charge in [-0.05, 0) is 50.6 Å². The summed E-state index contributed by atoms with van der Waals surface area (Å²) in [7, 11) is 0. The van der Waals surface area contributed by atoms with Crippen molar-refractivity contribution in [2.45, 2.75) is 25.7 Å². The second kappa shape index (κ2) is 7.38. The zero-order valence-electron chi connectivity index (χ0n) is 11.6. The molecule has 3 rings (SSSR count). The maximum Gasteiger partial charge on any atom is 0.273 e. The van der Waals surface area contributed by atoms with Gasteiger partial charge in [0.25, 0.3) is 5.91 Å². The molecule has 0 radical (unpaired) electrons. The highest BCUT2D eigenvalue weighted by Crippen LogP contribution is 2.31. The van der Waals surface area contributed by atoms with Gasteiger partial charge < -0.3 is 10.2 Å². The number of hydrogen-bond donors (Lipinski definition) is 1. The van der Waals surface area contributed by atoms with E-state index in [-0.39, 0.29) is 18.3 Å². The van der Waals surface area contributed by atoms with Crippen LogP contribution in [0.4, 0.5) is 0 Å². The fourth-order valence-electron chi connectivity index (χ4n) is 3.37. The van der Waals surface area contributed by atoms with Crippen LogP contribution in [0.3, 0.4) is 0 Å². The van der Waals surface area contributed by atoms with E-state index in [0.29, 0.717) is 5.69 Å². The highest BCUT2D eigenvalue weighted by Gasteiger charge is 2.29. The largest absolute Gasteiger partial charge is 0.337 e. The van der Waals surface area contributed by atoms with Gasteiger partial charge in [-0.1, -0.05) is 0 Å². The van der Waals surface area contributed by atoms with Crippen molar-refractivity contribution < 1.29 is 4.79 Å².